The van der Waals surface area contributed by atoms with Crippen molar-refractivity contribution in [1.82, 2.24) is 9.97 Å². The average molecular weight is 545 g/mol. The van der Waals surface area contributed by atoms with E-state index in [1.165, 1.54) is 11.1 Å². The summed E-state index contributed by atoms with van der Waals surface area (Å²) in [6, 6.07) is 34.4. The minimum atomic E-state index is -3.22. The van der Waals surface area contributed by atoms with E-state index in [-0.39, 0.29) is 10.8 Å². The Labute approximate surface area is 238 Å². The lowest BCUT2D eigenvalue weighted by atomic mass is 9.87. The highest BCUT2D eigenvalue weighted by Gasteiger charge is 2.30. The van der Waals surface area contributed by atoms with E-state index in [0.29, 0.717) is 0 Å². The zero-order chi connectivity index (χ0) is 28.5. The van der Waals surface area contributed by atoms with Crippen LogP contribution in [0.25, 0.3) is 22.5 Å². The largest absolute Gasteiger partial charge is 0.309 e. The van der Waals surface area contributed by atoms with Crippen molar-refractivity contribution < 1.29 is 4.57 Å². The average Bonchev–Trinajstić information content (AvgIpc) is 2.96. The number of aromatic nitrogens is 2. The van der Waals surface area contributed by atoms with Crippen LogP contribution in [0.4, 0.5) is 0 Å². The Bertz CT molecular complexity index is 1590. The minimum Gasteiger partial charge on any atom is -0.309 e. The zero-order valence-corrected chi connectivity index (χ0v) is 25.1. The first-order valence-corrected chi connectivity index (χ1v) is 15.5. The second-order valence-corrected chi connectivity index (χ2v) is 15.2. The van der Waals surface area contributed by atoms with Gasteiger partial charge in [0.05, 0.1) is 11.4 Å². The summed E-state index contributed by atoms with van der Waals surface area (Å²) in [6.07, 6.45) is 3.73. The van der Waals surface area contributed by atoms with E-state index in [2.05, 4.69) is 75.8 Å². The van der Waals surface area contributed by atoms with Gasteiger partial charge in [0.25, 0.3) is 0 Å². The summed E-state index contributed by atoms with van der Waals surface area (Å²) >= 11 is 0. The molecule has 2 heterocycles. The van der Waals surface area contributed by atoms with E-state index in [0.717, 1.165) is 38.4 Å². The van der Waals surface area contributed by atoms with Gasteiger partial charge in [0.1, 0.15) is 0 Å². The molecule has 0 amide bonds. The second-order valence-electron chi connectivity index (χ2n) is 12.4. The molecule has 0 atom stereocenters. The van der Waals surface area contributed by atoms with Crippen molar-refractivity contribution in [1.29, 1.82) is 0 Å². The van der Waals surface area contributed by atoms with Gasteiger partial charge in [-0.2, -0.15) is 0 Å². The molecule has 0 spiro atoms. The molecule has 0 aliphatic carbocycles. The fraction of sp³-hybridized carbons (Fsp3) is 0.222. The number of nitrogens with zero attached hydrogens (tertiary/aromatic N) is 2. The summed E-state index contributed by atoms with van der Waals surface area (Å²) < 4.78 is 15.4. The molecule has 0 aliphatic rings. The lowest BCUT2D eigenvalue weighted by Crippen LogP contribution is -2.25. The first-order chi connectivity index (χ1) is 19.0. The third-order valence-electron chi connectivity index (χ3n) is 7.38. The monoisotopic (exact) mass is 544 g/mol. The predicted octanol–water partition coefficient (Wildman–Crippen LogP) is 8.05. The van der Waals surface area contributed by atoms with Gasteiger partial charge in [-0.25, -0.2) is 0 Å². The van der Waals surface area contributed by atoms with E-state index in [4.69, 9.17) is 0 Å². The molecule has 0 bridgehead atoms. The fourth-order valence-corrected chi connectivity index (χ4v) is 7.64. The van der Waals surface area contributed by atoms with Crippen LogP contribution in [0.2, 0.25) is 0 Å². The standard InChI is InChI=1S/C36H37N2OP/c1-35(2,3)28-18-20-37-33(24-28)26-12-10-16-31(22-26)40(39,30-14-8-7-9-15-30)32-17-11-13-27(23-32)34-25-29(19-21-38-34)36(4,5)6/h7-25H,1-6H3. The summed E-state index contributed by atoms with van der Waals surface area (Å²) in [5.41, 5.74) is 6.11. The Kier molecular flexibility index (Phi) is 7.38. The minimum absolute atomic E-state index is 0.00734. The molecule has 0 saturated heterocycles. The molecule has 2 aromatic heterocycles. The van der Waals surface area contributed by atoms with E-state index >= 15 is 4.57 Å². The molecule has 0 aliphatic heterocycles. The predicted molar refractivity (Wildman–Crippen MR) is 170 cm³/mol. The Hall–Kier alpha value is -3.81. The smallest absolute Gasteiger partial charge is 0.171 e. The van der Waals surface area contributed by atoms with Crippen molar-refractivity contribution in [3.63, 3.8) is 0 Å². The summed E-state index contributed by atoms with van der Waals surface area (Å²) in [6.45, 7) is 13.2. The van der Waals surface area contributed by atoms with Gasteiger partial charge in [-0.15, -0.1) is 0 Å². The van der Waals surface area contributed by atoms with E-state index < -0.39 is 7.14 Å². The van der Waals surface area contributed by atoms with Crippen molar-refractivity contribution in [2.45, 2.75) is 52.4 Å². The van der Waals surface area contributed by atoms with Crippen LogP contribution < -0.4 is 15.9 Å². The first kappa shape index (κ1) is 27.7. The Morgan fingerprint density at radius 3 is 1.35 bits per heavy atom. The Morgan fingerprint density at radius 1 is 0.500 bits per heavy atom. The Balaban J connectivity index is 1.66. The lowest BCUT2D eigenvalue weighted by Gasteiger charge is -2.22. The molecular formula is C36H37N2OP. The van der Waals surface area contributed by atoms with E-state index in [1.54, 1.807) is 0 Å². The number of benzene rings is 3. The molecule has 202 valence electrons. The van der Waals surface area contributed by atoms with Gasteiger partial charge in [-0.3, -0.25) is 9.97 Å². The summed E-state index contributed by atoms with van der Waals surface area (Å²) in [7, 11) is -3.22. The molecule has 3 aromatic carbocycles. The highest BCUT2D eigenvalue weighted by atomic mass is 31.2. The molecule has 3 nitrogen and oxygen atoms in total. The van der Waals surface area contributed by atoms with Crippen LogP contribution in [0.5, 0.6) is 0 Å². The molecule has 0 radical (unpaired) electrons. The van der Waals surface area contributed by atoms with Crippen LogP contribution in [-0.2, 0) is 15.4 Å². The van der Waals surface area contributed by atoms with Crippen LogP contribution in [0.15, 0.2) is 116 Å². The first-order valence-electron chi connectivity index (χ1n) is 13.8. The highest BCUT2D eigenvalue weighted by Crippen LogP contribution is 2.44. The molecule has 0 N–H and O–H groups in total. The molecule has 40 heavy (non-hydrogen) atoms. The van der Waals surface area contributed by atoms with Crippen LogP contribution in [-0.4, -0.2) is 9.97 Å². The number of hydrogen-bond acceptors (Lipinski definition) is 3. The molecule has 5 aromatic rings. The van der Waals surface area contributed by atoms with Crippen molar-refractivity contribution in [2.24, 2.45) is 0 Å². The van der Waals surface area contributed by atoms with Gasteiger partial charge in [0.2, 0.25) is 0 Å². The Morgan fingerprint density at radius 2 is 0.925 bits per heavy atom. The maximum Gasteiger partial charge on any atom is 0.171 e. The van der Waals surface area contributed by atoms with Gasteiger partial charge in [-0.1, -0.05) is 108 Å². The quantitative estimate of drug-likeness (QED) is 0.210. The summed E-state index contributed by atoms with van der Waals surface area (Å²) in [4.78, 5) is 9.35. The molecular weight excluding hydrogens is 507 g/mol. The highest BCUT2D eigenvalue weighted by molar-refractivity contribution is 7.85. The summed E-state index contributed by atoms with van der Waals surface area (Å²) in [5.74, 6) is 0. The van der Waals surface area contributed by atoms with Crippen molar-refractivity contribution in [3.8, 4) is 22.5 Å². The maximum absolute atomic E-state index is 15.4. The van der Waals surface area contributed by atoms with Gasteiger partial charge in [0.15, 0.2) is 7.14 Å². The molecule has 0 unspecified atom stereocenters. The zero-order valence-electron chi connectivity index (χ0n) is 24.2. The normalized spacial score (nSPS) is 12.3. The third kappa shape index (κ3) is 5.58. The topological polar surface area (TPSA) is 42.9 Å². The van der Waals surface area contributed by atoms with Crippen LogP contribution >= 0.6 is 7.14 Å². The maximum atomic E-state index is 15.4. The van der Waals surface area contributed by atoms with Crippen LogP contribution in [0.1, 0.15) is 52.7 Å². The fourth-order valence-electron chi connectivity index (χ4n) is 4.92. The van der Waals surface area contributed by atoms with Gasteiger partial charge in [0, 0.05) is 39.4 Å². The third-order valence-corrected chi connectivity index (χ3v) is 10.4. The summed E-state index contributed by atoms with van der Waals surface area (Å²) in [5, 5.41) is 2.37. The van der Waals surface area contributed by atoms with E-state index in [9.17, 15) is 0 Å². The molecule has 5 rings (SSSR count). The van der Waals surface area contributed by atoms with Crippen LogP contribution in [0.3, 0.4) is 0 Å². The molecule has 4 heteroatoms. The van der Waals surface area contributed by atoms with Gasteiger partial charge in [-0.05, 0) is 58.4 Å². The number of pyridine rings is 2. The van der Waals surface area contributed by atoms with Crippen molar-refractivity contribution >= 4 is 23.1 Å². The van der Waals surface area contributed by atoms with Gasteiger partial charge < -0.3 is 4.57 Å². The van der Waals surface area contributed by atoms with Crippen molar-refractivity contribution in [3.05, 3.63) is 127 Å². The van der Waals surface area contributed by atoms with Crippen molar-refractivity contribution in [2.75, 3.05) is 0 Å². The lowest BCUT2D eigenvalue weighted by molar-refractivity contribution is 0.589. The SMILES string of the molecule is CC(C)(C)c1ccnc(-c2cccc(P(=O)(c3ccccc3)c3cccc(-c4cc(C(C)(C)C)ccn4)c3)c2)c1. The number of hydrogen-bond donors (Lipinski definition) is 0. The van der Waals surface area contributed by atoms with E-state index in [1.807, 2.05) is 91.3 Å². The molecule has 0 fully saturated rings. The number of rotatable bonds is 5. The molecule has 0 saturated carbocycles. The van der Waals surface area contributed by atoms with Crippen LogP contribution in [0, 0.1) is 0 Å². The second kappa shape index (κ2) is 10.6. The van der Waals surface area contributed by atoms with Gasteiger partial charge >= 0.3 is 0 Å².